The van der Waals surface area contributed by atoms with Crippen molar-refractivity contribution >= 4 is 22.4 Å². The molecule has 164 valence electrons. The van der Waals surface area contributed by atoms with Gasteiger partial charge in [-0.15, -0.1) is 0 Å². The van der Waals surface area contributed by atoms with Gasteiger partial charge < -0.3 is 15.0 Å². The molecule has 0 amide bonds. The predicted molar refractivity (Wildman–Crippen MR) is 134 cm³/mol. The zero-order valence-electron chi connectivity index (χ0n) is 19.0. The molecule has 0 aliphatic carbocycles. The van der Waals surface area contributed by atoms with Crippen LogP contribution in [0.4, 0.5) is 11.5 Å². The molecular weight excluding hydrogens is 396 g/mol. The van der Waals surface area contributed by atoms with Gasteiger partial charge >= 0.3 is 0 Å². The van der Waals surface area contributed by atoms with E-state index in [0.29, 0.717) is 5.82 Å². The second kappa shape index (κ2) is 10.1. The van der Waals surface area contributed by atoms with E-state index in [1.165, 1.54) is 11.3 Å². The molecule has 0 aliphatic rings. The molecule has 1 heterocycles. The average molecular weight is 427 g/mol. The van der Waals surface area contributed by atoms with Gasteiger partial charge in [0.2, 0.25) is 0 Å². The number of hydrogen-bond donors (Lipinski definition) is 1. The van der Waals surface area contributed by atoms with Crippen LogP contribution in [0.2, 0.25) is 0 Å². The fraction of sp³-hybridized carbons (Fsp3) is 0.259. The molecule has 1 N–H and O–H groups in total. The number of hydrogen-bond acceptors (Lipinski definition) is 5. The molecule has 0 fully saturated rings. The number of aromatic nitrogens is 2. The van der Waals surface area contributed by atoms with Gasteiger partial charge in [-0.25, -0.2) is 9.97 Å². The Labute approximate surface area is 190 Å². The van der Waals surface area contributed by atoms with Crippen LogP contribution in [0.25, 0.3) is 22.3 Å². The molecular formula is C27H30N4O. The maximum absolute atomic E-state index is 5.27. The lowest BCUT2D eigenvalue weighted by molar-refractivity contribution is 0.415. The standard InChI is InChI=1S/C27H30N4O/c1-4-31(22-10-7-9-20(2)19-22)18-8-17-28-27-24-11-5-6-12-25(24)29-26(30-27)21-13-15-23(32-3)16-14-21/h5-7,9-16,19H,4,8,17-18H2,1-3H3,(H,28,29,30). The van der Waals surface area contributed by atoms with Gasteiger partial charge in [-0.3, -0.25) is 0 Å². The van der Waals surface area contributed by atoms with E-state index >= 15 is 0 Å². The van der Waals surface area contributed by atoms with Crippen LogP contribution in [0, 0.1) is 6.92 Å². The molecule has 1 aromatic heterocycles. The largest absolute Gasteiger partial charge is 0.497 e. The lowest BCUT2D eigenvalue weighted by Crippen LogP contribution is -2.25. The van der Waals surface area contributed by atoms with Gasteiger partial charge in [0.05, 0.1) is 12.6 Å². The van der Waals surface area contributed by atoms with Crippen molar-refractivity contribution in [3.8, 4) is 17.1 Å². The van der Waals surface area contributed by atoms with Crippen molar-refractivity contribution in [1.29, 1.82) is 0 Å². The molecule has 0 aliphatic heterocycles. The Morgan fingerprint density at radius 1 is 0.938 bits per heavy atom. The first-order chi connectivity index (χ1) is 15.7. The quantitative estimate of drug-likeness (QED) is 0.336. The third kappa shape index (κ3) is 4.99. The SMILES string of the molecule is CCN(CCCNc1nc(-c2ccc(OC)cc2)nc2ccccc12)c1cccc(C)c1. The van der Waals surface area contributed by atoms with Crippen molar-refractivity contribution in [2.24, 2.45) is 0 Å². The summed E-state index contributed by atoms with van der Waals surface area (Å²) in [5, 5.41) is 4.60. The summed E-state index contributed by atoms with van der Waals surface area (Å²) in [6, 6.07) is 24.7. The van der Waals surface area contributed by atoms with Crippen molar-refractivity contribution in [3.05, 3.63) is 78.4 Å². The van der Waals surface area contributed by atoms with Gasteiger partial charge in [-0.1, -0.05) is 24.3 Å². The lowest BCUT2D eigenvalue weighted by atomic mass is 10.1. The van der Waals surface area contributed by atoms with Gasteiger partial charge in [-0.2, -0.15) is 0 Å². The zero-order valence-corrected chi connectivity index (χ0v) is 19.0. The summed E-state index contributed by atoms with van der Waals surface area (Å²) >= 11 is 0. The molecule has 4 aromatic rings. The Bertz CT molecular complexity index is 1170. The topological polar surface area (TPSA) is 50.3 Å². The number of ether oxygens (including phenoxy) is 1. The molecule has 5 nitrogen and oxygen atoms in total. The first kappa shape index (κ1) is 21.6. The molecule has 0 saturated heterocycles. The van der Waals surface area contributed by atoms with Crippen LogP contribution >= 0.6 is 0 Å². The molecule has 0 radical (unpaired) electrons. The fourth-order valence-corrected chi connectivity index (χ4v) is 3.85. The smallest absolute Gasteiger partial charge is 0.162 e. The number of nitrogens with zero attached hydrogens (tertiary/aromatic N) is 3. The minimum Gasteiger partial charge on any atom is -0.497 e. The first-order valence-corrected chi connectivity index (χ1v) is 11.1. The van der Waals surface area contributed by atoms with Crippen LogP contribution in [0.1, 0.15) is 18.9 Å². The third-order valence-corrected chi connectivity index (χ3v) is 5.60. The van der Waals surface area contributed by atoms with Crippen LogP contribution in [-0.4, -0.2) is 36.7 Å². The number of aryl methyl sites for hydroxylation is 1. The Kier molecular flexibility index (Phi) is 6.85. The minimum atomic E-state index is 0.712. The van der Waals surface area contributed by atoms with E-state index < -0.39 is 0 Å². The number of benzene rings is 3. The van der Waals surface area contributed by atoms with Gasteiger partial charge in [0.25, 0.3) is 0 Å². The fourth-order valence-electron chi connectivity index (χ4n) is 3.85. The van der Waals surface area contributed by atoms with Gasteiger partial charge in [-0.05, 0) is 74.4 Å². The summed E-state index contributed by atoms with van der Waals surface area (Å²) in [4.78, 5) is 12.0. The molecule has 32 heavy (non-hydrogen) atoms. The Morgan fingerprint density at radius 2 is 1.75 bits per heavy atom. The van der Waals surface area contributed by atoms with E-state index in [4.69, 9.17) is 14.7 Å². The van der Waals surface area contributed by atoms with E-state index in [2.05, 4.69) is 54.4 Å². The van der Waals surface area contributed by atoms with Crippen LogP contribution in [0.5, 0.6) is 5.75 Å². The molecule has 0 spiro atoms. The van der Waals surface area contributed by atoms with E-state index in [1.54, 1.807) is 7.11 Å². The van der Waals surface area contributed by atoms with Crippen molar-refractivity contribution in [2.75, 3.05) is 37.0 Å². The molecule has 3 aromatic carbocycles. The Balaban J connectivity index is 1.49. The van der Waals surface area contributed by atoms with Crippen molar-refractivity contribution in [3.63, 3.8) is 0 Å². The summed E-state index contributed by atoms with van der Waals surface area (Å²) < 4.78 is 5.27. The van der Waals surface area contributed by atoms with E-state index in [1.807, 2.05) is 42.5 Å². The van der Waals surface area contributed by atoms with Crippen LogP contribution in [0.3, 0.4) is 0 Å². The molecule has 0 unspecified atom stereocenters. The van der Waals surface area contributed by atoms with Gasteiger partial charge in [0.15, 0.2) is 5.82 Å². The highest BCUT2D eigenvalue weighted by molar-refractivity contribution is 5.90. The Morgan fingerprint density at radius 3 is 2.50 bits per heavy atom. The first-order valence-electron chi connectivity index (χ1n) is 11.1. The van der Waals surface area contributed by atoms with Crippen LogP contribution in [-0.2, 0) is 0 Å². The van der Waals surface area contributed by atoms with E-state index in [9.17, 15) is 0 Å². The number of nitrogens with one attached hydrogen (secondary N) is 1. The zero-order chi connectivity index (χ0) is 22.3. The number of methoxy groups -OCH3 is 1. The molecule has 4 rings (SSSR count). The maximum Gasteiger partial charge on any atom is 0.162 e. The summed E-state index contributed by atoms with van der Waals surface area (Å²) in [6.45, 7) is 7.16. The monoisotopic (exact) mass is 426 g/mol. The molecule has 5 heteroatoms. The van der Waals surface area contributed by atoms with Crippen LogP contribution < -0.4 is 15.0 Å². The highest BCUT2D eigenvalue weighted by Gasteiger charge is 2.10. The number of fused-ring (bicyclic) bond motifs is 1. The molecule has 0 bridgehead atoms. The van der Waals surface area contributed by atoms with E-state index in [-0.39, 0.29) is 0 Å². The average Bonchev–Trinajstić information content (AvgIpc) is 2.84. The number of para-hydroxylation sites is 1. The minimum absolute atomic E-state index is 0.712. The molecule has 0 saturated carbocycles. The van der Waals surface area contributed by atoms with Crippen molar-refractivity contribution in [2.45, 2.75) is 20.3 Å². The summed E-state index contributed by atoms with van der Waals surface area (Å²) in [6.07, 6.45) is 1.01. The number of anilines is 2. The van der Waals surface area contributed by atoms with Crippen molar-refractivity contribution < 1.29 is 4.74 Å². The van der Waals surface area contributed by atoms with Gasteiger partial charge in [0, 0.05) is 36.3 Å². The Hall–Kier alpha value is -3.60. The lowest BCUT2D eigenvalue weighted by Gasteiger charge is -2.23. The summed E-state index contributed by atoms with van der Waals surface area (Å²) in [5.74, 6) is 2.41. The second-order valence-electron chi connectivity index (χ2n) is 7.84. The maximum atomic E-state index is 5.27. The normalized spacial score (nSPS) is 10.8. The predicted octanol–water partition coefficient (Wildman–Crippen LogP) is 5.94. The second-order valence-corrected chi connectivity index (χ2v) is 7.84. The summed E-state index contributed by atoms with van der Waals surface area (Å²) in [5.41, 5.74) is 4.47. The number of rotatable bonds is 9. The third-order valence-electron chi connectivity index (χ3n) is 5.60. The van der Waals surface area contributed by atoms with Gasteiger partial charge in [0.1, 0.15) is 11.6 Å². The summed E-state index contributed by atoms with van der Waals surface area (Å²) in [7, 11) is 1.67. The van der Waals surface area contributed by atoms with Crippen molar-refractivity contribution in [1.82, 2.24) is 9.97 Å². The van der Waals surface area contributed by atoms with E-state index in [0.717, 1.165) is 54.1 Å². The molecule has 0 atom stereocenters. The van der Waals surface area contributed by atoms with Crippen LogP contribution in [0.15, 0.2) is 72.8 Å². The highest BCUT2D eigenvalue weighted by atomic mass is 16.5. The highest BCUT2D eigenvalue weighted by Crippen LogP contribution is 2.26.